The number of pyridine rings is 1. The van der Waals surface area contributed by atoms with Gasteiger partial charge in [-0.05, 0) is 24.3 Å². The van der Waals surface area contributed by atoms with Gasteiger partial charge in [-0.3, -0.25) is 9.59 Å². The third-order valence-electron chi connectivity index (χ3n) is 2.82. The van der Waals surface area contributed by atoms with Gasteiger partial charge in [0.2, 0.25) is 0 Å². The van der Waals surface area contributed by atoms with Crippen molar-refractivity contribution in [1.29, 1.82) is 0 Å². The molecule has 1 N–H and O–H groups in total. The van der Waals surface area contributed by atoms with Crippen LogP contribution in [0.1, 0.15) is 15.9 Å². The number of aryl methyl sites for hydroxylation is 1. The summed E-state index contributed by atoms with van der Waals surface area (Å²) in [6.07, 6.45) is 1.60. The fourth-order valence-corrected chi connectivity index (χ4v) is 1.70. The van der Waals surface area contributed by atoms with Crippen LogP contribution in [0.3, 0.4) is 0 Å². The van der Waals surface area contributed by atoms with E-state index in [4.69, 9.17) is 0 Å². The van der Waals surface area contributed by atoms with Crippen LogP contribution < -0.4 is 10.9 Å². The molecule has 0 bridgehead atoms. The number of carbonyl (C=O) groups is 1. The van der Waals surface area contributed by atoms with Crippen molar-refractivity contribution in [3.63, 3.8) is 0 Å². The Hall–Kier alpha value is -2.50. The van der Waals surface area contributed by atoms with Gasteiger partial charge >= 0.3 is 0 Å². The first kappa shape index (κ1) is 13.9. The molecule has 0 aliphatic heterocycles. The fraction of sp³-hybridized carbons (Fsp3) is 0.143. The van der Waals surface area contributed by atoms with Crippen molar-refractivity contribution in [2.75, 3.05) is 0 Å². The summed E-state index contributed by atoms with van der Waals surface area (Å²) in [5, 5.41) is 2.49. The molecular formula is C14H12F2N2O2. The van der Waals surface area contributed by atoms with E-state index in [-0.39, 0.29) is 17.7 Å². The van der Waals surface area contributed by atoms with Crippen molar-refractivity contribution in [2.24, 2.45) is 7.05 Å². The minimum atomic E-state index is -1.09. The Labute approximate surface area is 113 Å². The SMILES string of the molecule is Cn1cccc(CNC(=O)c2ccc(F)c(F)c2)c1=O. The van der Waals surface area contributed by atoms with Crippen LogP contribution in [0.5, 0.6) is 0 Å². The molecule has 104 valence electrons. The molecule has 0 aliphatic carbocycles. The van der Waals surface area contributed by atoms with Crippen molar-refractivity contribution >= 4 is 5.91 Å². The van der Waals surface area contributed by atoms with Crippen LogP contribution in [0.4, 0.5) is 8.78 Å². The first-order valence-electron chi connectivity index (χ1n) is 5.87. The molecule has 0 atom stereocenters. The highest BCUT2D eigenvalue weighted by molar-refractivity contribution is 5.94. The molecule has 2 aromatic rings. The Morgan fingerprint density at radius 1 is 1.25 bits per heavy atom. The zero-order chi connectivity index (χ0) is 14.7. The number of nitrogens with one attached hydrogen (secondary N) is 1. The summed E-state index contributed by atoms with van der Waals surface area (Å²) >= 11 is 0. The lowest BCUT2D eigenvalue weighted by Gasteiger charge is -2.06. The molecule has 0 spiro atoms. The lowest BCUT2D eigenvalue weighted by atomic mass is 10.2. The summed E-state index contributed by atoms with van der Waals surface area (Å²) in [5.74, 6) is -2.68. The normalized spacial score (nSPS) is 10.3. The number of nitrogens with zero attached hydrogens (tertiary/aromatic N) is 1. The average molecular weight is 278 g/mol. The summed E-state index contributed by atoms with van der Waals surface area (Å²) in [4.78, 5) is 23.5. The van der Waals surface area contributed by atoms with Crippen molar-refractivity contribution < 1.29 is 13.6 Å². The number of benzene rings is 1. The summed E-state index contributed by atoms with van der Waals surface area (Å²) in [6.45, 7) is 0.0192. The van der Waals surface area contributed by atoms with E-state index in [0.29, 0.717) is 5.56 Å². The molecule has 6 heteroatoms. The smallest absolute Gasteiger partial charge is 0.255 e. The van der Waals surface area contributed by atoms with Gasteiger partial charge in [-0.1, -0.05) is 6.07 Å². The van der Waals surface area contributed by atoms with E-state index in [1.165, 1.54) is 10.6 Å². The van der Waals surface area contributed by atoms with Gasteiger partial charge in [0.1, 0.15) is 0 Å². The number of amides is 1. The molecule has 0 radical (unpaired) electrons. The van der Waals surface area contributed by atoms with Crippen LogP contribution in [-0.2, 0) is 13.6 Å². The largest absolute Gasteiger partial charge is 0.348 e. The molecule has 0 fully saturated rings. The maximum absolute atomic E-state index is 13.0. The van der Waals surface area contributed by atoms with E-state index < -0.39 is 17.5 Å². The molecule has 1 amide bonds. The number of carbonyl (C=O) groups excluding carboxylic acids is 1. The molecular weight excluding hydrogens is 266 g/mol. The van der Waals surface area contributed by atoms with Crippen molar-refractivity contribution in [3.8, 4) is 0 Å². The van der Waals surface area contributed by atoms with Crippen LogP contribution in [0.2, 0.25) is 0 Å². The molecule has 0 unspecified atom stereocenters. The van der Waals surface area contributed by atoms with Gasteiger partial charge in [-0.2, -0.15) is 0 Å². The number of rotatable bonds is 3. The minimum Gasteiger partial charge on any atom is -0.348 e. The van der Waals surface area contributed by atoms with Crippen LogP contribution >= 0.6 is 0 Å². The summed E-state index contributed by atoms with van der Waals surface area (Å²) < 4.78 is 27.2. The van der Waals surface area contributed by atoms with Crippen molar-refractivity contribution in [3.05, 3.63) is 69.6 Å². The van der Waals surface area contributed by atoms with E-state index in [0.717, 1.165) is 12.1 Å². The zero-order valence-corrected chi connectivity index (χ0v) is 10.7. The predicted octanol–water partition coefficient (Wildman–Crippen LogP) is 1.59. The molecule has 20 heavy (non-hydrogen) atoms. The molecule has 1 aromatic heterocycles. The van der Waals surface area contributed by atoms with Gasteiger partial charge < -0.3 is 9.88 Å². The lowest BCUT2D eigenvalue weighted by Crippen LogP contribution is -2.28. The highest BCUT2D eigenvalue weighted by Crippen LogP contribution is 2.08. The van der Waals surface area contributed by atoms with Gasteiger partial charge in [0.05, 0.1) is 0 Å². The highest BCUT2D eigenvalue weighted by Gasteiger charge is 2.10. The Kier molecular flexibility index (Phi) is 3.93. The Balaban J connectivity index is 2.10. The van der Waals surface area contributed by atoms with Crippen LogP contribution in [0, 0.1) is 11.6 Å². The molecule has 0 saturated heterocycles. The molecule has 1 heterocycles. The first-order chi connectivity index (χ1) is 9.49. The number of aromatic nitrogens is 1. The first-order valence-corrected chi connectivity index (χ1v) is 5.87. The molecule has 2 rings (SSSR count). The second kappa shape index (κ2) is 5.64. The summed E-state index contributed by atoms with van der Waals surface area (Å²) in [6, 6.07) is 6.14. The zero-order valence-electron chi connectivity index (χ0n) is 10.7. The third kappa shape index (κ3) is 2.90. The molecule has 0 aliphatic rings. The third-order valence-corrected chi connectivity index (χ3v) is 2.82. The standard InChI is InChI=1S/C14H12F2N2O2/c1-18-6-2-3-10(14(18)20)8-17-13(19)9-4-5-11(15)12(16)7-9/h2-7H,8H2,1H3,(H,17,19). The maximum atomic E-state index is 13.0. The van der Waals surface area contributed by atoms with E-state index in [2.05, 4.69) is 5.32 Å². The fourth-order valence-electron chi connectivity index (χ4n) is 1.70. The van der Waals surface area contributed by atoms with Gasteiger partial charge in [-0.25, -0.2) is 8.78 Å². The monoisotopic (exact) mass is 278 g/mol. The topological polar surface area (TPSA) is 51.1 Å². The van der Waals surface area contributed by atoms with Gasteiger partial charge in [0.15, 0.2) is 11.6 Å². The van der Waals surface area contributed by atoms with E-state index in [9.17, 15) is 18.4 Å². The molecule has 4 nitrogen and oxygen atoms in total. The number of hydrogen-bond donors (Lipinski definition) is 1. The van der Waals surface area contributed by atoms with Crippen LogP contribution in [-0.4, -0.2) is 10.5 Å². The average Bonchev–Trinajstić information content (AvgIpc) is 2.43. The van der Waals surface area contributed by atoms with Crippen LogP contribution in [0.25, 0.3) is 0 Å². The quantitative estimate of drug-likeness (QED) is 0.927. The van der Waals surface area contributed by atoms with Crippen LogP contribution in [0.15, 0.2) is 41.3 Å². The molecule has 0 saturated carbocycles. The Morgan fingerprint density at radius 3 is 2.70 bits per heavy atom. The molecule has 1 aromatic carbocycles. The van der Waals surface area contributed by atoms with E-state index in [1.54, 1.807) is 25.4 Å². The second-order valence-corrected chi connectivity index (χ2v) is 4.26. The Bertz CT molecular complexity index is 711. The van der Waals surface area contributed by atoms with Gasteiger partial charge in [-0.15, -0.1) is 0 Å². The van der Waals surface area contributed by atoms with Crippen molar-refractivity contribution in [1.82, 2.24) is 9.88 Å². The summed E-state index contributed by atoms with van der Waals surface area (Å²) in [7, 11) is 1.60. The second-order valence-electron chi connectivity index (χ2n) is 4.26. The predicted molar refractivity (Wildman–Crippen MR) is 69.2 cm³/mol. The van der Waals surface area contributed by atoms with Gasteiger partial charge in [0, 0.05) is 30.9 Å². The minimum absolute atomic E-state index is 0.00310. The number of halogens is 2. The van der Waals surface area contributed by atoms with Gasteiger partial charge in [0.25, 0.3) is 11.5 Å². The Morgan fingerprint density at radius 2 is 2.00 bits per heavy atom. The summed E-state index contributed by atoms with van der Waals surface area (Å²) in [5.41, 5.74) is 0.181. The maximum Gasteiger partial charge on any atom is 0.255 e. The lowest BCUT2D eigenvalue weighted by molar-refractivity contribution is 0.0950. The van der Waals surface area contributed by atoms with E-state index in [1.807, 2.05) is 0 Å². The highest BCUT2D eigenvalue weighted by atomic mass is 19.2. The van der Waals surface area contributed by atoms with Crippen molar-refractivity contribution in [2.45, 2.75) is 6.54 Å². The number of hydrogen-bond acceptors (Lipinski definition) is 2. The van der Waals surface area contributed by atoms with E-state index >= 15 is 0 Å².